The van der Waals surface area contributed by atoms with Gasteiger partial charge in [-0.15, -0.1) is 0 Å². The number of likely N-dealkylation sites (N-methyl/N-ethyl adjacent to an activating group) is 1. The van der Waals surface area contributed by atoms with Gasteiger partial charge in [0.05, 0.1) is 5.92 Å². The van der Waals surface area contributed by atoms with Crippen LogP contribution in [0.4, 0.5) is 0 Å². The molecule has 3 nitrogen and oxygen atoms in total. The van der Waals surface area contributed by atoms with Gasteiger partial charge in [0.15, 0.2) is 0 Å². The molecular weight excluding hydrogens is 310 g/mol. The molecule has 2 aromatic carbocycles. The van der Waals surface area contributed by atoms with E-state index in [1.54, 1.807) is 0 Å². The molecule has 3 heteroatoms. The molecule has 0 aliphatic carbocycles. The van der Waals surface area contributed by atoms with Crippen LogP contribution in [0.1, 0.15) is 38.7 Å². The van der Waals surface area contributed by atoms with E-state index >= 15 is 0 Å². The third-order valence-corrected chi connectivity index (χ3v) is 4.64. The summed E-state index contributed by atoms with van der Waals surface area (Å²) in [4.78, 5) is 15.0. The van der Waals surface area contributed by atoms with E-state index in [2.05, 4.69) is 36.9 Å². The number of ether oxygens (including phenoxy) is 1. The Morgan fingerprint density at radius 1 is 1.12 bits per heavy atom. The maximum absolute atomic E-state index is 12.8. The topological polar surface area (TPSA) is 29.5 Å². The molecule has 25 heavy (non-hydrogen) atoms. The van der Waals surface area contributed by atoms with Gasteiger partial charge >= 0.3 is 5.97 Å². The lowest BCUT2D eigenvalue weighted by Gasteiger charge is -2.20. The van der Waals surface area contributed by atoms with Gasteiger partial charge in [-0.05, 0) is 42.8 Å². The number of carbonyl (C=O) groups excluding carboxylic acids is 1. The Bertz CT molecular complexity index is 699. The van der Waals surface area contributed by atoms with E-state index in [0.29, 0.717) is 13.0 Å². The number of benzene rings is 2. The van der Waals surface area contributed by atoms with Gasteiger partial charge in [-0.25, -0.2) is 0 Å². The summed E-state index contributed by atoms with van der Waals surface area (Å²) in [5.41, 5.74) is 1.05. The Hall–Kier alpha value is -2.13. The van der Waals surface area contributed by atoms with Gasteiger partial charge in [0.2, 0.25) is 0 Å². The normalized spacial score (nSPS) is 12.8. The molecule has 1 unspecified atom stereocenters. The van der Waals surface area contributed by atoms with Crippen molar-refractivity contribution in [2.24, 2.45) is 0 Å². The summed E-state index contributed by atoms with van der Waals surface area (Å²) in [6, 6.07) is 14.3. The zero-order chi connectivity index (χ0) is 18.1. The monoisotopic (exact) mass is 339 g/mol. The zero-order valence-electron chi connectivity index (χ0n) is 15.6. The first kappa shape index (κ1) is 19.2. The number of esters is 1. The van der Waals surface area contributed by atoms with Gasteiger partial charge in [0, 0.05) is 6.54 Å². The van der Waals surface area contributed by atoms with Crippen LogP contribution in [-0.2, 0) is 9.53 Å². The van der Waals surface area contributed by atoms with Crippen molar-refractivity contribution in [3.05, 3.63) is 60.2 Å². The number of allylic oxidation sites excluding steroid dienone is 2. The molecule has 0 N–H and O–H groups in total. The highest BCUT2D eigenvalue weighted by atomic mass is 16.5. The minimum Gasteiger partial charge on any atom is -0.464 e. The molecule has 0 saturated heterocycles. The van der Waals surface area contributed by atoms with Crippen molar-refractivity contribution in [1.29, 1.82) is 0 Å². The Kier molecular flexibility index (Phi) is 7.68. The van der Waals surface area contributed by atoms with Crippen LogP contribution in [0.3, 0.4) is 0 Å². The second kappa shape index (κ2) is 10.00. The molecule has 0 spiro atoms. The van der Waals surface area contributed by atoms with Gasteiger partial charge < -0.3 is 9.64 Å². The minimum atomic E-state index is -0.265. The predicted octanol–water partition coefficient (Wildman–Crippen LogP) is 4.77. The van der Waals surface area contributed by atoms with Crippen LogP contribution in [-0.4, -0.2) is 37.1 Å². The van der Waals surface area contributed by atoms with Crippen LogP contribution in [0.15, 0.2) is 54.6 Å². The quantitative estimate of drug-likeness (QED) is 0.487. The lowest BCUT2D eigenvalue weighted by molar-refractivity contribution is -0.145. The molecule has 0 saturated carbocycles. The van der Waals surface area contributed by atoms with Gasteiger partial charge in [-0.2, -0.15) is 0 Å². The maximum Gasteiger partial charge on any atom is 0.313 e. The second-order valence-corrected chi connectivity index (χ2v) is 6.12. The molecule has 0 radical (unpaired) electrons. The molecule has 0 aliphatic heterocycles. The predicted molar refractivity (Wildman–Crippen MR) is 105 cm³/mol. The van der Waals surface area contributed by atoms with Gasteiger partial charge in [-0.1, -0.05) is 68.5 Å². The number of rotatable bonds is 9. The summed E-state index contributed by atoms with van der Waals surface area (Å²) < 4.78 is 5.62. The average Bonchev–Trinajstić information content (AvgIpc) is 2.65. The summed E-state index contributed by atoms with van der Waals surface area (Å²) in [7, 11) is 0. The molecular formula is C22H29NO2. The van der Waals surface area contributed by atoms with Gasteiger partial charge in [0.25, 0.3) is 0 Å². The summed E-state index contributed by atoms with van der Waals surface area (Å²) in [6.45, 7) is 9.39. The van der Waals surface area contributed by atoms with Crippen LogP contribution in [0.5, 0.6) is 0 Å². The first-order valence-electron chi connectivity index (χ1n) is 9.19. The van der Waals surface area contributed by atoms with Gasteiger partial charge in [-0.3, -0.25) is 4.79 Å². The highest BCUT2D eigenvalue weighted by molar-refractivity contribution is 5.91. The van der Waals surface area contributed by atoms with Crippen molar-refractivity contribution >= 4 is 16.7 Å². The van der Waals surface area contributed by atoms with Crippen LogP contribution < -0.4 is 0 Å². The highest BCUT2D eigenvalue weighted by Gasteiger charge is 2.23. The fraction of sp³-hybridized carbons (Fsp3) is 0.409. The molecule has 0 fully saturated rings. The molecule has 0 amide bonds. The Morgan fingerprint density at radius 2 is 1.84 bits per heavy atom. The van der Waals surface area contributed by atoms with Crippen molar-refractivity contribution in [2.45, 2.75) is 33.1 Å². The van der Waals surface area contributed by atoms with Gasteiger partial charge in [0.1, 0.15) is 6.61 Å². The largest absolute Gasteiger partial charge is 0.464 e. The van der Waals surface area contributed by atoms with Crippen LogP contribution >= 0.6 is 0 Å². The average molecular weight is 339 g/mol. The molecule has 134 valence electrons. The Morgan fingerprint density at radius 3 is 2.56 bits per heavy atom. The molecule has 0 heterocycles. The fourth-order valence-electron chi connectivity index (χ4n) is 3.09. The SMILES string of the molecule is C/C=C/CC(C(=O)OCCN(CC)CC)c1cccc2ccccc12. The van der Waals surface area contributed by atoms with E-state index in [0.717, 1.165) is 36.0 Å². The van der Waals surface area contributed by atoms with Crippen LogP contribution in [0.25, 0.3) is 10.8 Å². The van der Waals surface area contributed by atoms with Crippen molar-refractivity contribution < 1.29 is 9.53 Å². The molecule has 2 rings (SSSR count). The molecule has 0 aromatic heterocycles. The summed E-state index contributed by atoms with van der Waals surface area (Å²) >= 11 is 0. The standard InChI is InChI=1S/C22H29NO2/c1-4-7-13-21(22(24)25-17-16-23(5-2)6-3)20-15-10-12-18-11-8-9-14-19(18)20/h4,7-12,14-15,21H,5-6,13,16-17H2,1-3H3/b7-4+. The summed E-state index contributed by atoms with van der Waals surface area (Å²) in [6.07, 6.45) is 4.69. The lowest BCUT2D eigenvalue weighted by atomic mass is 9.91. The first-order valence-corrected chi connectivity index (χ1v) is 9.19. The van der Waals surface area contributed by atoms with E-state index in [9.17, 15) is 4.79 Å². The van der Waals surface area contributed by atoms with Crippen LogP contribution in [0.2, 0.25) is 0 Å². The minimum absolute atomic E-state index is 0.137. The number of carbonyl (C=O) groups is 1. The highest BCUT2D eigenvalue weighted by Crippen LogP contribution is 2.29. The third-order valence-electron chi connectivity index (χ3n) is 4.64. The molecule has 2 aromatic rings. The summed E-state index contributed by atoms with van der Waals surface area (Å²) in [5.74, 6) is -0.402. The van der Waals surface area contributed by atoms with Crippen molar-refractivity contribution in [2.75, 3.05) is 26.2 Å². The number of nitrogens with zero attached hydrogens (tertiary/aromatic N) is 1. The number of hydrogen-bond acceptors (Lipinski definition) is 3. The molecule has 1 atom stereocenters. The lowest BCUT2D eigenvalue weighted by Crippen LogP contribution is -2.28. The van der Waals surface area contributed by atoms with Crippen LogP contribution in [0, 0.1) is 0 Å². The Balaban J connectivity index is 2.19. The van der Waals surface area contributed by atoms with E-state index in [-0.39, 0.29) is 11.9 Å². The zero-order valence-corrected chi connectivity index (χ0v) is 15.6. The van der Waals surface area contributed by atoms with Crippen molar-refractivity contribution in [1.82, 2.24) is 4.90 Å². The van der Waals surface area contributed by atoms with Crippen molar-refractivity contribution in [3.63, 3.8) is 0 Å². The number of hydrogen-bond donors (Lipinski definition) is 0. The maximum atomic E-state index is 12.8. The second-order valence-electron chi connectivity index (χ2n) is 6.12. The smallest absolute Gasteiger partial charge is 0.313 e. The van der Waals surface area contributed by atoms with E-state index < -0.39 is 0 Å². The third kappa shape index (κ3) is 5.17. The number of fused-ring (bicyclic) bond motifs is 1. The van der Waals surface area contributed by atoms with Crippen molar-refractivity contribution in [3.8, 4) is 0 Å². The van der Waals surface area contributed by atoms with E-state index in [1.807, 2.05) is 43.3 Å². The van der Waals surface area contributed by atoms with E-state index in [4.69, 9.17) is 4.74 Å². The molecule has 0 aliphatic rings. The fourth-order valence-corrected chi connectivity index (χ4v) is 3.09. The Labute approximate surface area is 151 Å². The molecule has 0 bridgehead atoms. The first-order chi connectivity index (χ1) is 12.2. The summed E-state index contributed by atoms with van der Waals surface area (Å²) in [5, 5.41) is 2.28. The van der Waals surface area contributed by atoms with E-state index in [1.165, 1.54) is 0 Å².